The molecule has 4 heteroatoms. The summed E-state index contributed by atoms with van der Waals surface area (Å²) in [7, 11) is 0. The SMILES string of the molecule is C[C@@H]1C[C@H](C(=O)O)C[C@@H]2C=C[C@H](C)[C@H](/C=C/C=C/C(=O)O)[C@@H]12. The molecule has 4 nitrogen and oxygen atoms in total. The van der Waals surface area contributed by atoms with Crippen LogP contribution in [-0.4, -0.2) is 22.2 Å². The van der Waals surface area contributed by atoms with Crippen LogP contribution in [0.15, 0.2) is 36.5 Å². The fraction of sp³-hybridized carbons (Fsp3) is 0.556. The number of rotatable bonds is 4. The normalized spacial score (nSPS) is 38.3. The summed E-state index contributed by atoms with van der Waals surface area (Å²) in [6.07, 6.45) is 12.4. The second-order valence-electron chi connectivity index (χ2n) is 6.63. The molecule has 0 aromatic rings. The van der Waals surface area contributed by atoms with Gasteiger partial charge >= 0.3 is 11.9 Å². The van der Waals surface area contributed by atoms with Crippen molar-refractivity contribution >= 4 is 11.9 Å². The molecule has 1 saturated carbocycles. The number of carbonyl (C=O) groups is 2. The second kappa shape index (κ2) is 6.95. The highest BCUT2D eigenvalue weighted by Gasteiger charge is 2.43. The van der Waals surface area contributed by atoms with Gasteiger partial charge in [0, 0.05) is 6.08 Å². The van der Waals surface area contributed by atoms with E-state index in [9.17, 15) is 14.7 Å². The van der Waals surface area contributed by atoms with Gasteiger partial charge in [0.2, 0.25) is 0 Å². The molecule has 0 aromatic heterocycles. The Kier molecular flexibility index (Phi) is 5.22. The van der Waals surface area contributed by atoms with E-state index in [1.807, 2.05) is 6.08 Å². The zero-order valence-electron chi connectivity index (χ0n) is 13.1. The molecule has 0 unspecified atom stereocenters. The topological polar surface area (TPSA) is 74.6 Å². The van der Waals surface area contributed by atoms with Crippen molar-refractivity contribution in [1.82, 2.24) is 0 Å². The van der Waals surface area contributed by atoms with Gasteiger partial charge in [-0.3, -0.25) is 4.79 Å². The predicted molar refractivity (Wildman–Crippen MR) is 84.2 cm³/mol. The first kappa shape index (κ1) is 16.5. The first-order valence-corrected chi connectivity index (χ1v) is 7.89. The highest BCUT2D eigenvalue weighted by molar-refractivity contribution is 5.80. The molecule has 22 heavy (non-hydrogen) atoms. The van der Waals surface area contributed by atoms with Gasteiger partial charge in [0.25, 0.3) is 0 Å². The Bertz CT molecular complexity index is 517. The lowest BCUT2D eigenvalue weighted by Crippen LogP contribution is -2.41. The van der Waals surface area contributed by atoms with Gasteiger partial charge in [-0.2, -0.15) is 0 Å². The van der Waals surface area contributed by atoms with E-state index >= 15 is 0 Å². The Hall–Kier alpha value is -1.84. The van der Waals surface area contributed by atoms with Gasteiger partial charge in [-0.25, -0.2) is 4.79 Å². The minimum atomic E-state index is -0.950. The van der Waals surface area contributed by atoms with Crippen LogP contribution in [0, 0.1) is 35.5 Å². The summed E-state index contributed by atoms with van der Waals surface area (Å²) in [6, 6.07) is 0. The molecule has 120 valence electrons. The van der Waals surface area contributed by atoms with E-state index in [1.54, 1.807) is 6.08 Å². The monoisotopic (exact) mass is 304 g/mol. The highest BCUT2D eigenvalue weighted by atomic mass is 16.4. The molecule has 1 fully saturated rings. The molecule has 2 N–H and O–H groups in total. The van der Waals surface area contributed by atoms with E-state index in [1.165, 1.54) is 0 Å². The Morgan fingerprint density at radius 3 is 2.45 bits per heavy atom. The lowest BCUT2D eigenvalue weighted by molar-refractivity contribution is -0.145. The van der Waals surface area contributed by atoms with Gasteiger partial charge < -0.3 is 10.2 Å². The van der Waals surface area contributed by atoms with Crippen molar-refractivity contribution in [3.05, 3.63) is 36.5 Å². The van der Waals surface area contributed by atoms with Crippen molar-refractivity contribution in [2.75, 3.05) is 0 Å². The maximum absolute atomic E-state index is 11.3. The van der Waals surface area contributed by atoms with Crippen LogP contribution in [0.4, 0.5) is 0 Å². The molecule has 0 aliphatic heterocycles. The lowest BCUT2D eigenvalue weighted by atomic mass is 9.59. The van der Waals surface area contributed by atoms with Crippen molar-refractivity contribution in [1.29, 1.82) is 0 Å². The molecule has 2 aliphatic carbocycles. The van der Waals surface area contributed by atoms with Gasteiger partial charge in [-0.1, -0.05) is 44.2 Å². The summed E-state index contributed by atoms with van der Waals surface area (Å²) in [5.41, 5.74) is 0. The fourth-order valence-electron chi connectivity index (χ4n) is 4.11. The maximum Gasteiger partial charge on any atom is 0.328 e. The summed E-state index contributed by atoms with van der Waals surface area (Å²) >= 11 is 0. The van der Waals surface area contributed by atoms with Crippen LogP contribution in [0.1, 0.15) is 26.7 Å². The molecule has 0 spiro atoms. The standard InChI is InChI=1S/C18H24O4/c1-11-7-8-13-10-14(18(21)22)9-12(2)17(13)15(11)5-3-4-6-16(19)20/h3-8,11-15,17H,9-10H2,1-2H3,(H,19,20)(H,21,22)/b5-3+,6-4+/t11-,12+,13-,14-,15-,17-/m0/s1. The highest BCUT2D eigenvalue weighted by Crippen LogP contribution is 2.48. The first-order chi connectivity index (χ1) is 10.4. The van der Waals surface area contributed by atoms with E-state index in [4.69, 9.17) is 5.11 Å². The number of hydrogen-bond acceptors (Lipinski definition) is 2. The fourth-order valence-corrected chi connectivity index (χ4v) is 4.11. The van der Waals surface area contributed by atoms with Crippen LogP contribution in [0.3, 0.4) is 0 Å². The largest absolute Gasteiger partial charge is 0.481 e. The van der Waals surface area contributed by atoms with Crippen molar-refractivity contribution in [3.63, 3.8) is 0 Å². The third-order valence-corrected chi connectivity index (χ3v) is 5.11. The van der Waals surface area contributed by atoms with Gasteiger partial charge in [-0.05, 0) is 42.4 Å². The first-order valence-electron chi connectivity index (χ1n) is 7.89. The van der Waals surface area contributed by atoms with Gasteiger partial charge in [-0.15, -0.1) is 0 Å². The molecular formula is C18H24O4. The number of hydrogen-bond donors (Lipinski definition) is 2. The van der Waals surface area contributed by atoms with E-state index < -0.39 is 11.9 Å². The Labute approximate surface area is 131 Å². The van der Waals surface area contributed by atoms with Gasteiger partial charge in [0.05, 0.1) is 5.92 Å². The van der Waals surface area contributed by atoms with Crippen LogP contribution in [0.2, 0.25) is 0 Å². The summed E-state index contributed by atoms with van der Waals surface area (Å²) in [5, 5.41) is 17.9. The summed E-state index contributed by atoms with van der Waals surface area (Å²) in [5.74, 6) is -0.0681. The van der Waals surface area contributed by atoms with E-state index in [2.05, 4.69) is 32.1 Å². The molecule has 0 aromatic carbocycles. The average molecular weight is 304 g/mol. The van der Waals surface area contributed by atoms with Gasteiger partial charge in [0.1, 0.15) is 0 Å². The Balaban J connectivity index is 2.16. The van der Waals surface area contributed by atoms with Crippen LogP contribution < -0.4 is 0 Å². The lowest BCUT2D eigenvalue weighted by Gasteiger charge is -2.45. The quantitative estimate of drug-likeness (QED) is 0.474. The molecule has 0 bridgehead atoms. The van der Waals surface area contributed by atoms with Crippen LogP contribution in [-0.2, 0) is 9.59 Å². The van der Waals surface area contributed by atoms with Crippen molar-refractivity contribution < 1.29 is 19.8 Å². The summed E-state index contributed by atoms with van der Waals surface area (Å²) < 4.78 is 0. The molecule has 0 heterocycles. The smallest absolute Gasteiger partial charge is 0.328 e. The van der Waals surface area contributed by atoms with Crippen molar-refractivity contribution in [2.45, 2.75) is 26.7 Å². The molecule has 0 saturated heterocycles. The Morgan fingerprint density at radius 2 is 1.82 bits per heavy atom. The summed E-state index contributed by atoms with van der Waals surface area (Å²) in [4.78, 5) is 21.8. The minimum absolute atomic E-state index is 0.245. The number of carboxylic acid groups (broad SMARTS) is 2. The molecule has 6 atom stereocenters. The third-order valence-electron chi connectivity index (χ3n) is 5.11. The molecule has 2 aliphatic rings. The van der Waals surface area contributed by atoms with Crippen LogP contribution >= 0.6 is 0 Å². The molecule has 0 radical (unpaired) electrons. The number of aliphatic carboxylic acids is 2. The van der Waals surface area contributed by atoms with Crippen LogP contribution in [0.25, 0.3) is 0 Å². The Morgan fingerprint density at radius 1 is 1.09 bits per heavy atom. The van der Waals surface area contributed by atoms with E-state index in [0.717, 1.165) is 12.5 Å². The summed E-state index contributed by atoms with van der Waals surface area (Å²) in [6.45, 7) is 4.31. The number of allylic oxidation sites excluding steroid dienone is 5. The molecule has 0 amide bonds. The minimum Gasteiger partial charge on any atom is -0.481 e. The predicted octanol–water partition coefficient (Wildman–Crippen LogP) is 3.37. The zero-order chi connectivity index (χ0) is 16.3. The number of carboxylic acids is 2. The van der Waals surface area contributed by atoms with E-state index in [0.29, 0.717) is 36.0 Å². The third kappa shape index (κ3) is 3.67. The molecule has 2 rings (SSSR count). The van der Waals surface area contributed by atoms with Crippen molar-refractivity contribution in [2.24, 2.45) is 35.5 Å². The average Bonchev–Trinajstić information content (AvgIpc) is 2.45. The number of fused-ring (bicyclic) bond motifs is 1. The van der Waals surface area contributed by atoms with Crippen molar-refractivity contribution in [3.8, 4) is 0 Å². The van der Waals surface area contributed by atoms with E-state index in [-0.39, 0.29) is 5.92 Å². The second-order valence-corrected chi connectivity index (χ2v) is 6.63. The zero-order valence-corrected chi connectivity index (χ0v) is 13.1. The van der Waals surface area contributed by atoms with Crippen LogP contribution in [0.5, 0.6) is 0 Å². The maximum atomic E-state index is 11.3. The van der Waals surface area contributed by atoms with Gasteiger partial charge in [0.15, 0.2) is 0 Å². The molecular weight excluding hydrogens is 280 g/mol.